The van der Waals surface area contributed by atoms with Crippen molar-refractivity contribution < 1.29 is 26.7 Å². The van der Waals surface area contributed by atoms with E-state index in [1.165, 1.54) is 14.2 Å². The highest BCUT2D eigenvalue weighted by Gasteiger charge is 2.17. The van der Waals surface area contributed by atoms with Crippen LogP contribution in [0.4, 0.5) is 14.5 Å². The zero-order chi connectivity index (χ0) is 17.7. The number of ether oxygens (including phenoxy) is 2. The molecule has 0 amide bonds. The van der Waals surface area contributed by atoms with Crippen molar-refractivity contribution >= 4 is 15.7 Å². The number of methoxy groups -OCH3 is 2. The second kappa shape index (κ2) is 7.48. The van der Waals surface area contributed by atoms with E-state index in [0.717, 1.165) is 18.2 Å². The maximum absolute atomic E-state index is 13.5. The Kier molecular flexibility index (Phi) is 5.61. The van der Waals surface area contributed by atoms with Crippen LogP contribution in [0.2, 0.25) is 0 Å². The zero-order valence-electron chi connectivity index (χ0n) is 13.2. The van der Waals surface area contributed by atoms with E-state index in [9.17, 15) is 17.2 Å². The number of rotatable bonds is 7. The van der Waals surface area contributed by atoms with Crippen molar-refractivity contribution in [3.63, 3.8) is 0 Å². The average molecular weight is 357 g/mol. The minimum atomic E-state index is -3.92. The molecule has 0 aliphatic carbocycles. The third-order valence-electron chi connectivity index (χ3n) is 3.33. The maximum Gasteiger partial charge on any atom is 0.233 e. The summed E-state index contributed by atoms with van der Waals surface area (Å²) in [5.41, 5.74) is 0.0110. The Morgan fingerprint density at radius 2 is 1.62 bits per heavy atom. The van der Waals surface area contributed by atoms with Gasteiger partial charge in [-0.15, -0.1) is 0 Å². The lowest BCUT2D eigenvalue weighted by Crippen LogP contribution is -2.19. The summed E-state index contributed by atoms with van der Waals surface area (Å²) in [5, 5.41) is 0. The quantitative estimate of drug-likeness (QED) is 0.827. The predicted octanol–water partition coefficient (Wildman–Crippen LogP) is 2.97. The summed E-state index contributed by atoms with van der Waals surface area (Å²) in [4.78, 5) is 0. The summed E-state index contributed by atoms with van der Waals surface area (Å²) in [6.45, 7) is 0. The Balaban J connectivity index is 2.10. The van der Waals surface area contributed by atoms with Crippen molar-refractivity contribution in [3.8, 4) is 11.5 Å². The number of hydrogen-bond acceptors (Lipinski definition) is 4. The number of hydrogen-bond donors (Lipinski definition) is 1. The van der Waals surface area contributed by atoms with Crippen molar-refractivity contribution in [1.82, 2.24) is 0 Å². The molecule has 0 atom stereocenters. The summed E-state index contributed by atoms with van der Waals surface area (Å²) in [7, 11) is -0.947. The lowest BCUT2D eigenvalue weighted by Gasteiger charge is -2.11. The van der Waals surface area contributed by atoms with Crippen LogP contribution < -0.4 is 14.2 Å². The Bertz CT molecular complexity index is 805. The monoisotopic (exact) mass is 357 g/mol. The number of sulfonamides is 1. The highest BCUT2D eigenvalue weighted by atomic mass is 32.2. The van der Waals surface area contributed by atoms with Crippen LogP contribution >= 0.6 is 0 Å². The van der Waals surface area contributed by atoms with Gasteiger partial charge >= 0.3 is 0 Å². The molecule has 2 aromatic rings. The fraction of sp³-hybridized carbons (Fsp3) is 0.250. The molecule has 0 bridgehead atoms. The van der Waals surface area contributed by atoms with Gasteiger partial charge in [0.25, 0.3) is 0 Å². The van der Waals surface area contributed by atoms with Crippen LogP contribution in [0.25, 0.3) is 0 Å². The molecule has 0 unspecified atom stereocenters. The number of benzene rings is 2. The van der Waals surface area contributed by atoms with E-state index in [2.05, 4.69) is 0 Å². The molecular formula is C16H17F2NO4S. The lowest BCUT2D eigenvalue weighted by atomic mass is 10.1. The fourth-order valence-electron chi connectivity index (χ4n) is 2.09. The highest BCUT2D eigenvalue weighted by Crippen LogP contribution is 2.28. The van der Waals surface area contributed by atoms with Gasteiger partial charge in [-0.1, -0.05) is 12.1 Å². The van der Waals surface area contributed by atoms with E-state index >= 15 is 0 Å². The number of nitrogens with one attached hydrogen (secondary N) is 1. The first-order chi connectivity index (χ1) is 11.4. The average Bonchev–Trinajstić information content (AvgIpc) is 2.56. The summed E-state index contributed by atoms with van der Waals surface area (Å²) < 4.78 is 63.4. The van der Waals surface area contributed by atoms with Crippen molar-refractivity contribution in [1.29, 1.82) is 0 Å². The van der Waals surface area contributed by atoms with Gasteiger partial charge in [0, 0.05) is 0 Å². The third-order valence-corrected chi connectivity index (χ3v) is 4.58. The molecule has 1 N–H and O–H groups in total. The minimum Gasteiger partial charge on any atom is -0.493 e. The van der Waals surface area contributed by atoms with Crippen molar-refractivity contribution in [2.24, 2.45) is 0 Å². The summed E-state index contributed by atoms with van der Waals surface area (Å²) in [6.07, 6.45) is 0.145. The maximum atomic E-state index is 13.5. The van der Waals surface area contributed by atoms with Crippen LogP contribution in [0.15, 0.2) is 36.4 Å². The molecule has 2 rings (SSSR count). The predicted molar refractivity (Wildman–Crippen MR) is 87.0 cm³/mol. The molecule has 0 aliphatic rings. The molecule has 0 heterocycles. The van der Waals surface area contributed by atoms with Crippen molar-refractivity contribution in [2.75, 3.05) is 24.7 Å². The van der Waals surface area contributed by atoms with Crippen LogP contribution in [-0.2, 0) is 16.4 Å². The number of aryl methyl sites for hydroxylation is 1. The van der Waals surface area contributed by atoms with Gasteiger partial charge in [-0.2, -0.15) is 0 Å². The van der Waals surface area contributed by atoms with E-state index in [4.69, 9.17) is 9.47 Å². The molecule has 5 nitrogen and oxygen atoms in total. The van der Waals surface area contributed by atoms with Gasteiger partial charge in [0.15, 0.2) is 11.5 Å². The third kappa shape index (κ3) is 4.35. The topological polar surface area (TPSA) is 64.6 Å². The SMILES string of the molecule is COc1ccc(CCS(=O)(=O)Nc2c(F)cccc2F)cc1OC. The first kappa shape index (κ1) is 18.0. The Labute approximate surface area is 139 Å². The highest BCUT2D eigenvalue weighted by molar-refractivity contribution is 7.92. The van der Waals surface area contributed by atoms with Gasteiger partial charge in [0.1, 0.15) is 17.3 Å². The molecule has 0 aromatic heterocycles. The van der Waals surface area contributed by atoms with E-state index in [-0.39, 0.29) is 12.2 Å². The normalized spacial score (nSPS) is 11.2. The van der Waals surface area contributed by atoms with Gasteiger partial charge in [0.2, 0.25) is 10.0 Å². The van der Waals surface area contributed by atoms with Crippen LogP contribution in [0.1, 0.15) is 5.56 Å². The molecule has 0 saturated carbocycles. The van der Waals surface area contributed by atoms with E-state index < -0.39 is 27.3 Å². The molecule has 0 fully saturated rings. The standard InChI is InChI=1S/C16H17F2NO4S/c1-22-14-7-6-11(10-15(14)23-2)8-9-24(20,21)19-16-12(17)4-3-5-13(16)18/h3-7,10,19H,8-9H2,1-2H3. The first-order valence-corrected chi connectivity index (χ1v) is 8.67. The van der Waals surface area contributed by atoms with Crippen molar-refractivity contribution in [3.05, 3.63) is 53.6 Å². The molecule has 0 radical (unpaired) electrons. The van der Waals surface area contributed by atoms with E-state index in [0.29, 0.717) is 17.1 Å². The zero-order valence-corrected chi connectivity index (χ0v) is 14.0. The molecule has 0 aliphatic heterocycles. The van der Waals surface area contributed by atoms with Crippen LogP contribution in [0.5, 0.6) is 11.5 Å². The number of halogens is 2. The lowest BCUT2D eigenvalue weighted by molar-refractivity contribution is 0.354. The van der Waals surface area contributed by atoms with Gasteiger partial charge in [0.05, 0.1) is 20.0 Å². The largest absolute Gasteiger partial charge is 0.493 e. The Morgan fingerprint density at radius 1 is 1.00 bits per heavy atom. The Morgan fingerprint density at radius 3 is 2.21 bits per heavy atom. The number of para-hydroxylation sites is 1. The van der Waals surface area contributed by atoms with Gasteiger partial charge in [-0.25, -0.2) is 17.2 Å². The van der Waals surface area contributed by atoms with Crippen LogP contribution in [-0.4, -0.2) is 28.4 Å². The van der Waals surface area contributed by atoms with Gasteiger partial charge in [-0.3, -0.25) is 4.72 Å². The van der Waals surface area contributed by atoms with Gasteiger partial charge < -0.3 is 9.47 Å². The van der Waals surface area contributed by atoms with E-state index in [1.54, 1.807) is 18.2 Å². The summed E-state index contributed by atoms with van der Waals surface area (Å²) >= 11 is 0. The van der Waals surface area contributed by atoms with Crippen molar-refractivity contribution in [2.45, 2.75) is 6.42 Å². The van der Waals surface area contributed by atoms with Crippen LogP contribution in [0.3, 0.4) is 0 Å². The minimum absolute atomic E-state index is 0.145. The molecule has 8 heteroatoms. The molecule has 2 aromatic carbocycles. The summed E-state index contributed by atoms with van der Waals surface area (Å²) in [5.74, 6) is -1.28. The molecule has 130 valence electrons. The summed E-state index contributed by atoms with van der Waals surface area (Å²) in [6, 6.07) is 8.12. The Hall–Kier alpha value is -2.35. The molecule has 24 heavy (non-hydrogen) atoms. The van der Waals surface area contributed by atoms with E-state index in [1.807, 2.05) is 4.72 Å². The van der Waals surface area contributed by atoms with Crippen LogP contribution in [0, 0.1) is 11.6 Å². The fourth-order valence-corrected chi connectivity index (χ4v) is 3.20. The smallest absolute Gasteiger partial charge is 0.233 e. The second-order valence-corrected chi connectivity index (χ2v) is 6.80. The molecule has 0 saturated heterocycles. The second-order valence-electron chi connectivity index (χ2n) is 4.96. The molecule has 0 spiro atoms. The van der Waals surface area contributed by atoms with Gasteiger partial charge in [-0.05, 0) is 36.2 Å². The first-order valence-electron chi connectivity index (χ1n) is 7.01. The molecular weight excluding hydrogens is 340 g/mol. The number of anilines is 1.